The molecule has 0 amide bonds. The SMILES string of the molecule is CNCCc1cccc(-c2ccccc2OCc2ccccc2)c1.Cl. The van der Waals surface area contributed by atoms with Crippen LogP contribution in [0.5, 0.6) is 5.75 Å². The fourth-order valence-electron chi connectivity index (χ4n) is 2.73. The average Bonchev–Trinajstić information content (AvgIpc) is 2.66. The molecule has 0 saturated heterocycles. The average molecular weight is 354 g/mol. The van der Waals surface area contributed by atoms with E-state index in [1.807, 2.05) is 37.4 Å². The summed E-state index contributed by atoms with van der Waals surface area (Å²) in [6.45, 7) is 1.56. The number of rotatable bonds is 7. The molecule has 0 spiro atoms. The summed E-state index contributed by atoms with van der Waals surface area (Å²) in [6.07, 6.45) is 1.03. The van der Waals surface area contributed by atoms with Gasteiger partial charge in [-0.05, 0) is 42.8 Å². The Morgan fingerprint density at radius 3 is 2.32 bits per heavy atom. The van der Waals surface area contributed by atoms with Crippen LogP contribution in [0.25, 0.3) is 11.1 Å². The number of benzene rings is 3. The minimum atomic E-state index is 0. The summed E-state index contributed by atoms with van der Waals surface area (Å²) in [5.74, 6) is 0.923. The highest BCUT2D eigenvalue weighted by molar-refractivity contribution is 5.85. The summed E-state index contributed by atoms with van der Waals surface area (Å²) < 4.78 is 6.09. The van der Waals surface area contributed by atoms with Crippen molar-refractivity contribution < 1.29 is 4.74 Å². The van der Waals surface area contributed by atoms with Gasteiger partial charge < -0.3 is 10.1 Å². The van der Waals surface area contributed by atoms with Gasteiger partial charge in [-0.15, -0.1) is 12.4 Å². The second kappa shape index (κ2) is 9.87. The van der Waals surface area contributed by atoms with Crippen molar-refractivity contribution >= 4 is 12.4 Å². The highest BCUT2D eigenvalue weighted by Gasteiger charge is 2.07. The lowest BCUT2D eigenvalue weighted by Crippen LogP contribution is -2.10. The molecule has 0 atom stereocenters. The highest BCUT2D eigenvalue weighted by atomic mass is 35.5. The van der Waals surface area contributed by atoms with Gasteiger partial charge >= 0.3 is 0 Å². The van der Waals surface area contributed by atoms with E-state index in [-0.39, 0.29) is 12.4 Å². The third-order valence-electron chi connectivity index (χ3n) is 4.03. The lowest BCUT2D eigenvalue weighted by atomic mass is 10.0. The van der Waals surface area contributed by atoms with Crippen molar-refractivity contribution in [2.24, 2.45) is 0 Å². The zero-order chi connectivity index (χ0) is 16.6. The molecule has 0 aliphatic carbocycles. The van der Waals surface area contributed by atoms with Crippen LogP contribution in [0.4, 0.5) is 0 Å². The van der Waals surface area contributed by atoms with Crippen molar-refractivity contribution in [3.8, 4) is 16.9 Å². The summed E-state index contributed by atoms with van der Waals surface area (Å²) in [7, 11) is 1.98. The van der Waals surface area contributed by atoms with Crippen LogP contribution in [0.3, 0.4) is 0 Å². The lowest BCUT2D eigenvalue weighted by molar-refractivity contribution is 0.307. The van der Waals surface area contributed by atoms with Crippen molar-refractivity contribution in [2.45, 2.75) is 13.0 Å². The maximum absolute atomic E-state index is 6.09. The number of halogens is 1. The molecule has 0 fully saturated rings. The van der Waals surface area contributed by atoms with E-state index in [4.69, 9.17) is 4.74 Å². The molecule has 0 heterocycles. The van der Waals surface area contributed by atoms with Gasteiger partial charge in [0.2, 0.25) is 0 Å². The molecule has 0 aromatic heterocycles. The van der Waals surface area contributed by atoms with Crippen LogP contribution in [0.2, 0.25) is 0 Å². The molecule has 2 nitrogen and oxygen atoms in total. The molecule has 3 aromatic carbocycles. The quantitative estimate of drug-likeness (QED) is 0.636. The van der Waals surface area contributed by atoms with E-state index in [0.29, 0.717) is 6.61 Å². The van der Waals surface area contributed by atoms with E-state index >= 15 is 0 Å². The maximum atomic E-state index is 6.09. The lowest BCUT2D eigenvalue weighted by Gasteiger charge is -2.13. The number of nitrogens with one attached hydrogen (secondary N) is 1. The number of ether oxygens (including phenoxy) is 1. The molecule has 0 aliphatic rings. The van der Waals surface area contributed by atoms with Crippen molar-refractivity contribution in [1.29, 1.82) is 0 Å². The fourth-order valence-corrected chi connectivity index (χ4v) is 2.73. The van der Waals surface area contributed by atoms with E-state index in [2.05, 4.69) is 53.8 Å². The summed E-state index contributed by atoms with van der Waals surface area (Å²) in [5, 5.41) is 3.20. The van der Waals surface area contributed by atoms with E-state index in [1.165, 1.54) is 16.7 Å². The Balaban J connectivity index is 0.00000225. The molecule has 3 heteroatoms. The van der Waals surface area contributed by atoms with Crippen molar-refractivity contribution in [3.05, 3.63) is 90.0 Å². The smallest absolute Gasteiger partial charge is 0.127 e. The monoisotopic (exact) mass is 353 g/mol. The first-order valence-corrected chi connectivity index (χ1v) is 8.36. The van der Waals surface area contributed by atoms with Crippen molar-refractivity contribution in [2.75, 3.05) is 13.6 Å². The molecular formula is C22H24ClNO. The van der Waals surface area contributed by atoms with Crippen LogP contribution in [0.1, 0.15) is 11.1 Å². The van der Waals surface area contributed by atoms with Gasteiger partial charge in [0.05, 0.1) is 0 Å². The number of hydrogen-bond acceptors (Lipinski definition) is 2. The molecule has 0 aliphatic heterocycles. The first kappa shape index (κ1) is 19.0. The first-order valence-electron chi connectivity index (χ1n) is 8.36. The Morgan fingerprint density at radius 2 is 1.52 bits per heavy atom. The fraction of sp³-hybridized carbons (Fsp3) is 0.182. The molecule has 3 rings (SSSR count). The predicted molar refractivity (Wildman–Crippen MR) is 108 cm³/mol. The van der Waals surface area contributed by atoms with Crippen LogP contribution in [-0.4, -0.2) is 13.6 Å². The van der Waals surface area contributed by atoms with Gasteiger partial charge in [0.15, 0.2) is 0 Å². The standard InChI is InChI=1S/C22H23NO.ClH/c1-23-15-14-18-10-7-11-20(16-18)21-12-5-6-13-22(21)24-17-19-8-3-2-4-9-19;/h2-13,16,23H,14-15,17H2,1H3;1H. The van der Waals surface area contributed by atoms with E-state index in [9.17, 15) is 0 Å². The Morgan fingerprint density at radius 1 is 0.800 bits per heavy atom. The molecule has 25 heavy (non-hydrogen) atoms. The second-order valence-corrected chi connectivity index (χ2v) is 5.82. The molecule has 0 saturated carbocycles. The van der Waals surface area contributed by atoms with Crippen molar-refractivity contribution in [3.63, 3.8) is 0 Å². The Kier molecular flexibility index (Phi) is 7.52. The third kappa shape index (κ3) is 5.35. The van der Waals surface area contributed by atoms with E-state index in [1.54, 1.807) is 0 Å². The largest absolute Gasteiger partial charge is 0.488 e. The van der Waals surface area contributed by atoms with Gasteiger partial charge in [-0.1, -0.05) is 72.8 Å². The number of para-hydroxylation sites is 1. The minimum absolute atomic E-state index is 0. The summed E-state index contributed by atoms with van der Waals surface area (Å²) in [5.41, 5.74) is 4.85. The summed E-state index contributed by atoms with van der Waals surface area (Å²) in [6, 6.07) is 27.2. The Hall–Kier alpha value is -2.29. The summed E-state index contributed by atoms with van der Waals surface area (Å²) in [4.78, 5) is 0. The Labute approximate surface area is 156 Å². The van der Waals surface area contributed by atoms with Gasteiger partial charge in [0, 0.05) is 5.56 Å². The molecule has 0 unspecified atom stereocenters. The van der Waals surface area contributed by atoms with Gasteiger partial charge in [-0.2, -0.15) is 0 Å². The zero-order valence-electron chi connectivity index (χ0n) is 14.4. The van der Waals surface area contributed by atoms with Crippen LogP contribution in [0, 0.1) is 0 Å². The topological polar surface area (TPSA) is 21.3 Å². The van der Waals surface area contributed by atoms with Crippen LogP contribution in [0.15, 0.2) is 78.9 Å². The number of likely N-dealkylation sites (N-methyl/N-ethyl adjacent to an activating group) is 1. The first-order chi connectivity index (χ1) is 11.9. The van der Waals surface area contributed by atoms with E-state index in [0.717, 1.165) is 24.3 Å². The van der Waals surface area contributed by atoms with Crippen LogP contribution >= 0.6 is 12.4 Å². The predicted octanol–water partition coefficient (Wildman–Crippen LogP) is 5.12. The van der Waals surface area contributed by atoms with Gasteiger partial charge in [0.25, 0.3) is 0 Å². The van der Waals surface area contributed by atoms with E-state index < -0.39 is 0 Å². The van der Waals surface area contributed by atoms with Gasteiger partial charge in [-0.25, -0.2) is 0 Å². The summed E-state index contributed by atoms with van der Waals surface area (Å²) >= 11 is 0. The molecule has 1 N–H and O–H groups in total. The highest BCUT2D eigenvalue weighted by Crippen LogP contribution is 2.31. The second-order valence-electron chi connectivity index (χ2n) is 5.82. The van der Waals surface area contributed by atoms with Gasteiger partial charge in [0.1, 0.15) is 12.4 Å². The molecular weight excluding hydrogens is 330 g/mol. The molecule has 0 bridgehead atoms. The molecule has 0 radical (unpaired) electrons. The third-order valence-corrected chi connectivity index (χ3v) is 4.03. The minimum Gasteiger partial charge on any atom is -0.488 e. The number of hydrogen-bond donors (Lipinski definition) is 1. The zero-order valence-corrected chi connectivity index (χ0v) is 15.3. The molecule has 3 aromatic rings. The Bertz CT molecular complexity index is 774. The maximum Gasteiger partial charge on any atom is 0.127 e. The normalized spacial score (nSPS) is 10.1. The van der Waals surface area contributed by atoms with Crippen molar-refractivity contribution in [1.82, 2.24) is 5.32 Å². The van der Waals surface area contributed by atoms with Crippen LogP contribution < -0.4 is 10.1 Å². The van der Waals surface area contributed by atoms with Gasteiger partial charge in [-0.3, -0.25) is 0 Å². The van der Waals surface area contributed by atoms with Crippen LogP contribution in [-0.2, 0) is 13.0 Å². The molecule has 130 valence electrons.